The molecule has 4 nitrogen and oxygen atoms in total. The van der Waals surface area contributed by atoms with Crippen molar-refractivity contribution >= 4 is 33.3 Å². The Morgan fingerprint density at radius 1 is 1.24 bits per heavy atom. The number of nitrogens with zero attached hydrogens (tertiary/aromatic N) is 1. The highest BCUT2D eigenvalue weighted by Crippen LogP contribution is 2.22. The molecule has 0 atom stereocenters. The highest BCUT2D eigenvalue weighted by molar-refractivity contribution is 9.10. The highest BCUT2D eigenvalue weighted by Gasteiger charge is 2.10. The number of hydrogen-bond acceptors (Lipinski definition) is 3. The van der Waals surface area contributed by atoms with Crippen LogP contribution in [0.1, 0.15) is 29.8 Å². The first-order valence-electron chi connectivity index (χ1n) is 6.93. The summed E-state index contributed by atoms with van der Waals surface area (Å²) >= 11 is 3.45. The average molecular weight is 348 g/mol. The van der Waals surface area contributed by atoms with Crippen molar-refractivity contribution in [2.24, 2.45) is 0 Å². The summed E-state index contributed by atoms with van der Waals surface area (Å²) in [6.07, 6.45) is 2.49. The third-order valence-electron chi connectivity index (χ3n) is 3.08. The Morgan fingerprint density at radius 2 is 2.05 bits per heavy atom. The van der Waals surface area contributed by atoms with E-state index in [9.17, 15) is 4.79 Å². The summed E-state index contributed by atoms with van der Waals surface area (Å²) in [5.41, 5.74) is 2.53. The molecule has 0 aliphatic heterocycles. The number of halogens is 1. The maximum absolute atomic E-state index is 12.3. The largest absolute Gasteiger partial charge is 0.370 e. The second-order valence-corrected chi connectivity index (χ2v) is 5.48. The Bertz CT molecular complexity index is 643. The van der Waals surface area contributed by atoms with Crippen LogP contribution in [0.3, 0.4) is 0 Å². The van der Waals surface area contributed by atoms with Crippen molar-refractivity contribution in [2.75, 3.05) is 17.2 Å². The van der Waals surface area contributed by atoms with Gasteiger partial charge >= 0.3 is 0 Å². The summed E-state index contributed by atoms with van der Waals surface area (Å²) in [7, 11) is 0. The molecular weight excluding hydrogens is 330 g/mol. The molecule has 2 aromatic rings. The summed E-state index contributed by atoms with van der Waals surface area (Å²) in [6.45, 7) is 4.82. The maximum atomic E-state index is 12.3. The Kier molecular flexibility index (Phi) is 5.33. The molecule has 0 radical (unpaired) electrons. The summed E-state index contributed by atoms with van der Waals surface area (Å²) in [5.74, 6) is 0.574. The van der Waals surface area contributed by atoms with Crippen molar-refractivity contribution in [3.8, 4) is 0 Å². The van der Waals surface area contributed by atoms with Crippen LogP contribution in [0.2, 0.25) is 0 Å². The van der Waals surface area contributed by atoms with E-state index in [2.05, 4.69) is 38.5 Å². The number of carbonyl (C=O) groups excluding carboxylic acids is 1. The van der Waals surface area contributed by atoms with Gasteiger partial charge in [-0.05, 0) is 49.2 Å². The highest BCUT2D eigenvalue weighted by atomic mass is 79.9. The van der Waals surface area contributed by atoms with Crippen LogP contribution in [0.4, 0.5) is 11.5 Å². The first-order chi connectivity index (χ1) is 10.1. The second-order valence-electron chi connectivity index (χ2n) is 4.57. The molecule has 0 aliphatic carbocycles. The Morgan fingerprint density at radius 3 is 2.76 bits per heavy atom. The zero-order chi connectivity index (χ0) is 15.2. The smallest absolute Gasteiger partial charge is 0.255 e. The lowest BCUT2D eigenvalue weighted by Gasteiger charge is -2.11. The van der Waals surface area contributed by atoms with E-state index in [0.29, 0.717) is 11.4 Å². The fourth-order valence-electron chi connectivity index (χ4n) is 2.02. The van der Waals surface area contributed by atoms with E-state index in [1.54, 1.807) is 18.3 Å². The standard InChI is InChI=1S/C16H18BrN3O/c1-3-11-9-13(17)5-6-14(11)20-16(21)12-7-8-19-15(10-12)18-4-2/h5-10H,3-4H2,1-2H3,(H,18,19)(H,20,21). The Hall–Kier alpha value is -1.88. The van der Waals surface area contributed by atoms with Crippen LogP contribution in [0.25, 0.3) is 0 Å². The van der Waals surface area contributed by atoms with Crippen LogP contribution < -0.4 is 10.6 Å². The lowest BCUT2D eigenvalue weighted by Crippen LogP contribution is -2.14. The van der Waals surface area contributed by atoms with Crippen molar-refractivity contribution in [3.05, 3.63) is 52.1 Å². The minimum atomic E-state index is -0.131. The number of benzene rings is 1. The van der Waals surface area contributed by atoms with Crippen LogP contribution in [0.15, 0.2) is 41.0 Å². The monoisotopic (exact) mass is 347 g/mol. The topological polar surface area (TPSA) is 54.0 Å². The molecule has 0 aliphatic rings. The molecule has 5 heteroatoms. The van der Waals surface area contributed by atoms with Crippen LogP contribution >= 0.6 is 15.9 Å². The summed E-state index contributed by atoms with van der Waals surface area (Å²) in [4.78, 5) is 16.5. The third-order valence-corrected chi connectivity index (χ3v) is 3.57. The van der Waals surface area contributed by atoms with Crippen LogP contribution in [0.5, 0.6) is 0 Å². The molecule has 21 heavy (non-hydrogen) atoms. The fourth-order valence-corrected chi connectivity index (χ4v) is 2.43. The number of hydrogen-bond donors (Lipinski definition) is 2. The van der Waals surface area contributed by atoms with E-state index < -0.39 is 0 Å². The summed E-state index contributed by atoms with van der Waals surface area (Å²) in [5, 5.41) is 6.06. The number of nitrogens with one attached hydrogen (secondary N) is 2. The SMILES string of the molecule is CCNc1cc(C(=O)Nc2ccc(Br)cc2CC)ccn1. The molecule has 1 heterocycles. The van der Waals surface area contributed by atoms with Crippen molar-refractivity contribution in [2.45, 2.75) is 20.3 Å². The zero-order valence-electron chi connectivity index (χ0n) is 12.1. The van der Waals surface area contributed by atoms with Gasteiger partial charge in [0.15, 0.2) is 0 Å². The molecule has 1 aromatic heterocycles. The quantitative estimate of drug-likeness (QED) is 0.856. The van der Waals surface area contributed by atoms with Crippen molar-refractivity contribution in [3.63, 3.8) is 0 Å². The maximum Gasteiger partial charge on any atom is 0.255 e. The molecule has 0 saturated heterocycles. The van der Waals surface area contributed by atoms with E-state index in [-0.39, 0.29) is 5.91 Å². The van der Waals surface area contributed by atoms with Gasteiger partial charge in [0.1, 0.15) is 5.82 Å². The fraction of sp³-hybridized carbons (Fsp3) is 0.250. The molecule has 2 rings (SSSR count). The van der Waals surface area contributed by atoms with Crippen molar-refractivity contribution < 1.29 is 4.79 Å². The number of pyridine rings is 1. The molecule has 1 aromatic carbocycles. The first kappa shape index (κ1) is 15.5. The van der Waals surface area contributed by atoms with E-state index in [1.165, 1.54) is 0 Å². The van der Waals surface area contributed by atoms with Gasteiger partial charge < -0.3 is 10.6 Å². The van der Waals surface area contributed by atoms with E-state index in [0.717, 1.165) is 28.7 Å². The summed E-state index contributed by atoms with van der Waals surface area (Å²) < 4.78 is 1.01. The average Bonchev–Trinajstić information content (AvgIpc) is 2.49. The molecule has 0 spiro atoms. The number of carbonyl (C=O) groups is 1. The zero-order valence-corrected chi connectivity index (χ0v) is 13.7. The first-order valence-corrected chi connectivity index (χ1v) is 7.73. The van der Waals surface area contributed by atoms with Gasteiger partial charge in [-0.15, -0.1) is 0 Å². The minimum absolute atomic E-state index is 0.131. The van der Waals surface area contributed by atoms with Gasteiger partial charge in [-0.3, -0.25) is 4.79 Å². The predicted octanol–water partition coefficient (Wildman–Crippen LogP) is 4.09. The van der Waals surface area contributed by atoms with E-state index >= 15 is 0 Å². The van der Waals surface area contributed by atoms with E-state index in [1.807, 2.05) is 25.1 Å². The number of anilines is 2. The Labute approximate surface area is 133 Å². The van der Waals surface area contributed by atoms with Gasteiger partial charge in [-0.2, -0.15) is 0 Å². The van der Waals surface area contributed by atoms with Crippen LogP contribution in [0, 0.1) is 0 Å². The molecule has 0 saturated carbocycles. The predicted molar refractivity (Wildman–Crippen MR) is 89.9 cm³/mol. The normalized spacial score (nSPS) is 10.2. The number of amides is 1. The molecule has 0 bridgehead atoms. The molecular formula is C16H18BrN3O. The third kappa shape index (κ3) is 4.04. The van der Waals surface area contributed by atoms with Gasteiger partial charge in [0, 0.05) is 28.5 Å². The Balaban J connectivity index is 2.20. The lowest BCUT2D eigenvalue weighted by molar-refractivity contribution is 0.102. The molecule has 1 amide bonds. The number of aromatic nitrogens is 1. The number of rotatable bonds is 5. The van der Waals surface area contributed by atoms with Crippen LogP contribution in [-0.4, -0.2) is 17.4 Å². The second kappa shape index (κ2) is 7.22. The van der Waals surface area contributed by atoms with Crippen LogP contribution in [-0.2, 0) is 6.42 Å². The van der Waals surface area contributed by atoms with Gasteiger partial charge in [-0.1, -0.05) is 22.9 Å². The summed E-state index contributed by atoms with van der Waals surface area (Å²) in [6, 6.07) is 9.31. The van der Waals surface area contributed by atoms with Gasteiger partial charge in [-0.25, -0.2) is 4.98 Å². The minimum Gasteiger partial charge on any atom is -0.370 e. The van der Waals surface area contributed by atoms with Crippen molar-refractivity contribution in [1.29, 1.82) is 0 Å². The molecule has 0 unspecified atom stereocenters. The van der Waals surface area contributed by atoms with Gasteiger partial charge in [0.2, 0.25) is 0 Å². The van der Waals surface area contributed by atoms with Gasteiger partial charge in [0.25, 0.3) is 5.91 Å². The van der Waals surface area contributed by atoms with Gasteiger partial charge in [0.05, 0.1) is 0 Å². The van der Waals surface area contributed by atoms with Crippen molar-refractivity contribution in [1.82, 2.24) is 4.98 Å². The number of aryl methyl sites for hydroxylation is 1. The molecule has 2 N–H and O–H groups in total. The molecule has 0 fully saturated rings. The molecule has 110 valence electrons. The lowest BCUT2D eigenvalue weighted by atomic mass is 10.1. The van der Waals surface area contributed by atoms with E-state index in [4.69, 9.17) is 0 Å².